The van der Waals surface area contributed by atoms with E-state index in [0.717, 1.165) is 30.5 Å². The van der Waals surface area contributed by atoms with Gasteiger partial charge in [-0.15, -0.1) is 0 Å². The minimum Gasteiger partial charge on any atom is -0.282 e. The summed E-state index contributed by atoms with van der Waals surface area (Å²) in [6.07, 6.45) is 5.40. The molecule has 0 saturated carbocycles. The molecule has 1 aliphatic rings. The molecule has 0 aromatic carbocycles. The number of H-pyrrole nitrogens is 1. The van der Waals surface area contributed by atoms with Crippen molar-refractivity contribution < 1.29 is 8.42 Å². The molecule has 1 aromatic rings. The Bertz CT molecular complexity index is 424. The third kappa shape index (κ3) is 2.13. The summed E-state index contributed by atoms with van der Waals surface area (Å²) in [4.78, 5) is 0. The Morgan fingerprint density at radius 2 is 2.43 bits per heavy atom. The Morgan fingerprint density at radius 3 is 3.14 bits per heavy atom. The molecule has 0 amide bonds. The Kier molecular flexibility index (Phi) is 2.32. The van der Waals surface area contributed by atoms with Crippen LogP contribution in [0, 0.1) is 0 Å². The highest BCUT2D eigenvalue weighted by molar-refractivity contribution is 7.88. The lowest BCUT2D eigenvalue weighted by Crippen LogP contribution is -2.37. The van der Waals surface area contributed by atoms with Crippen LogP contribution in [0.5, 0.6) is 0 Å². The van der Waals surface area contributed by atoms with Crippen LogP contribution in [-0.2, 0) is 22.9 Å². The molecule has 1 aliphatic carbocycles. The Hall–Kier alpha value is -0.880. The van der Waals surface area contributed by atoms with Gasteiger partial charge in [-0.05, 0) is 24.8 Å². The Balaban J connectivity index is 2.08. The number of rotatable bonds is 2. The summed E-state index contributed by atoms with van der Waals surface area (Å²) in [5.41, 5.74) is 2.26. The molecule has 1 aromatic heterocycles. The van der Waals surface area contributed by atoms with Gasteiger partial charge in [0, 0.05) is 11.7 Å². The van der Waals surface area contributed by atoms with Crippen molar-refractivity contribution in [1.29, 1.82) is 0 Å². The minimum atomic E-state index is -3.09. The lowest BCUT2D eigenvalue weighted by Gasteiger charge is -2.21. The molecule has 1 heterocycles. The third-order valence-corrected chi connectivity index (χ3v) is 3.16. The van der Waals surface area contributed by atoms with Crippen LogP contribution in [0.1, 0.15) is 17.7 Å². The van der Waals surface area contributed by atoms with Gasteiger partial charge in [0.15, 0.2) is 0 Å². The fourth-order valence-electron chi connectivity index (χ4n) is 1.82. The van der Waals surface area contributed by atoms with Gasteiger partial charge in [0.05, 0.1) is 12.5 Å². The molecule has 0 unspecified atom stereocenters. The van der Waals surface area contributed by atoms with Crippen molar-refractivity contribution in [3.05, 3.63) is 17.5 Å². The number of aromatic nitrogens is 2. The first kappa shape index (κ1) is 9.67. The second kappa shape index (κ2) is 3.36. The van der Waals surface area contributed by atoms with Crippen molar-refractivity contribution in [1.82, 2.24) is 14.9 Å². The van der Waals surface area contributed by atoms with E-state index in [1.54, 1.807) is 6.20 Å². The molecule has 0 aliphatic heterocycles. The van der Waals surface area contributed by atoms with Crippen molar-refractivity contribution in [3.8, 4) is 0 Å². The first-order valence-electron chi connectivity index (χ1n) is 4.53. The van der Waals surface area contributed by atoms with Crippen molar-refractivity contribution in [3.63, 3.8) is 0 Å². The maximum atomic E-state index is 11.0. The van der Waals surface area contributed by atoms with Crippen LogP contribution < -0.4 is 4.72 Å². The van der Waals surface area contributed by atoms with Gasteiger partial charge in [-0.3, -0.25) is 5.10 Å². The molecule has 0 fully saturated rings. The highest BCUT2D eigenvalue weighted by Gasteiger charge is 2.21. The van der Waals surface area contributed by atoms with Gasteiger partial charge in [-0.1, -0.05) is 0 Å². The molecule has 0 bridgehead atoms. The second-order valence-electron chi connectivity index (χ2n) is 3.70. The Morgan fingerprint density at radius 1 is 1.64 bits per heavy atom. The summed E-state index contributed by atoms with van der Waals surface area (Å²) in [7, 11) is -3.09. The molecule has 5 nitrogen and oxygen atoms in total. The summed E-state index contributed by atoms with van der Waals surface area (Å²) in [5, 5.41) is 6.85. The van der Waals surface area contributed by atoms with Gasteiger partial charge < -0.3 is 0 Å². The largest absolute Gasteiger partial charge is 0.282 e. The van der Waals surface area contributed by atoms with E-state index in [1.165, 1.54) is 6.26 Å². The predicted octanol–water partition coefficient (Wildman–Crippen LogP) is -0.184. The predicted molar refractivity (Wildman–Crippen MR) is 52.4 cm³/mol. The first-order valence-corrected chi connectivity index (χ1v) is 6.42. The molecule has 2 N–H and O–H groups in total. The van der Waals surface area contributed by atoms with Crippen LogP contribution in [0.15, 0.2) is 6.20 Å². The van der Waals surface area contributed by atoms with Crippen LogP contribution in [0.25, 0.3) is 0 Å². The van der Waals surface area contributed by atoms with Crippen LogP contribution in [0.2, 0.25) is 0 Å². The Labute approximate surface area is 83.0 Å². The van der Waals surface area contributed by atoms with Gasteiger partial charge in [-0.25, -0.2) is 13.1 Å². The fraction of sp³-hybridized carbons (Fsp3) is 0.625. The number of hydrogen-bond donors (Lipinski definition) is 2. The maximum Gasteiger partial charge on any atom is 0.208 e. The summed E-state index contributed by atoms with van der Waals surface area (Å²) in [6, 6.07) is 0.0232. The van der Waals surface area contributed by atoms with Crippen LogP contribution in [-0.4, -0.2) is 30.9 Å². The van der Waals surface area contributed by atoms with E-state index in [0.29, 0.717) is 0 Å². The van der Waals surface area contributed by atoms with Crippen molar-refractivity contribution in [2.75, 3.05) is 6.26 Å². The van der Waals surface area contributed by atoms with Crippen molar-refractivity contribution in [2.45, 2.75) is 25.3 Å². The number of nitrogens with zero attached hydrogens (tertiary/aromatic N) is 1. The standard InChI is InChI=1S/C8H13N3O2S/c1-14(12,13)11-7-2-3-8-6(4-7)5-9-10-8/h5,7,11H,2-4H2,1H3,(H,9,10)/t7-/m1/s1. The number of hydrogen-bond acceptors (Lipinski definition) is 3. The normalized spacial score (nSPS) is 21.9. The van der Waals surface area contributed by atoms with Gasteiger partial charge in [0.25, 0.3) is 0 Å². The molecule has 14 heavy (non-hydrogen) atoms. The summed E-state index contributed by atoms with van der Waals surface area (Å²) in [6.45, 7) is 0. The van der Waals surface area contributed by atoms with E-state index in [2.05, 4.69) is 14.9 Å². The van der Waals surface area contributed by atoms with Gasteiger partial charge >= 0.3 is 0 Å². The monoisotopic (exact) mass is 215 g/mol. The second-order valence-corrected chi connectivity index (χ2v) is 5.48. The van der Waals surface area contributed by atoms with Gasteiger partial charge in [0.1, 0.15) is 0 Å². The molecular formula is C8H13N3O2S. The van der Waals surface area contributed by atoms with Crippen molar-refractivity contribution in [2.24, 2.45) is 0 Å². The van der Waals surface area contributed by atoms with E-state index in [9.17, 15) is 8.42 Å². The molecule has 78 valence electrons. The minimum absolute atomic E-state index is 0.0232. The summed E-state index contributed by atoms with van der Waals surface area (Å²) < 4.78 is 24.6. The van der Waals surface area contributed by atoms with E-state index in [4.69, 9.17) is 0 Å². The maximum absolute atomic E-state index is 11.0. The van der Waals surface area contributed by atoms with E-state index in [1.807, 2.05) is 0 Å². The highest BCUT2D eigenvalue weighted by atomic mass is 32.2. The molecule has 2 rings (SSSR count). The number of fused-ring (bicyclic) bond motifs is 1. The van der Waals surface area contributed by atoms with Crippen LogP contribution in [0.3, 0.4) is 0 Å². The highest BCUT2D eigenvalue weighted by Crippen LogP contribution is 2.18. The molecule has 1 atom stereocenters. The van der Waals surface area contributed by atoms with Crippen LogP contribution >= 0.6 is 0 Å². The summed E-state index contributed by atoms with van der Waals surface area (Å²) in [5.74, 6) is 0. The number of nitrogens with one attached hydrogen (secondary N) is 2. The molecule has 0 radical (unpaired) electrons. The van der Waals surface area contributed by atoms with E-state index in [-0.39, 0.29) is 6.04 Å². The topological polar surface area (TPSA) is 74.8 Å². The van der Waals surface area contributed by atoms with E-state index < -0.39 is 10.0 Å². The van der Waals surface area contributed by atoms with E-state index >= 15 is 0 Å². The molecule has 6 heteroatoms. The molecule has 0 saturated heterocycles. The zero-order valence-electron chi connectivity index (χ0n) is 7.95. The average molecular weight is 215 g/mol. The average Bonchev–Trinajstić information content (AvgIpc) is 2.47. The number of aromatic amines is 1. The lowest BCUT2D eigenvalue weighted by atomic mass is 9.94. The first-order chi connectivity index (χ1) is 6.54. The zero-order valence-corrected chi connectivity index (χ0v) is 8.76. The third-order valence-electron chi connectivity index (χ3n) is 2.40. The SMILES string of the molecule is CS(=O)(=O)N[C@@H]1CCc2[nH]ncc2C1. The molecular weight excluding hydrogens is 202 g/mol. The van der Waals surface area contributed by atoms with Crippen LogP contribution in [0.4, 0.5) is 0 Å². The molecule has 0 spiro atoms. The number of aryl methyl sites for hydroxylation is 1. The zero-order chi connectivity index (χ0) is 10.2. The quantitative estimate of drug-likeness (QED) is 0.718. The fourth-order valence-corrected chi connectivity index (χ4v) is 2.63. The van der Waals surface area contributed by atoms with Gasteiger partial charge in [0.2, 0.25) is 10.0 Å². The van der Waals surface area contributed by atoms with Gasteiger partial charge in [-0.2, -0.15) is 5.10 Å². The van der Waals surface area contributed by atoms with Crippen molar-refractivity contribution >= 4 is 10.0 Å². The lowest BCUT2D eigenvalue weighted by molar-refractivity contribution is 0.508. The summed E-state index contributed by atoms with van der Waals surface area (Å²) >= 11 is 0. The smallest absolute Gasteiger partial charge is 0.208 e. The number of sulfonamides is 1.